The van der Waals surface area contributed by atoms with E-state index in [0.717, 1.165) is 32.1 Å². The molecule has 17 heavy (non-hydrogen) atoms. The molecule has 2 bridgehead atoms. The van der Waals surface area contributed by atoms with Crippen LogP contribution in [0, 0.1) is 11.3 Å². The first-order chi connectivity index (χ1) is 8.04. The SMILES string of the molecule is CC1=CCC(C23CCC(Br)(C=C2F)CC3)CC1. The molecule has 0 aromatic carbocycles. The number of fused-ring (bicyclic) bond motifs is 2. The Labute approximate surface area is 111 Å². The van der Waals surface area contributed by atoms with E-state index in [-0.39, 0.29) is 15.6 Å². The Morgan fingerprint density at radius 3 is 2.53 bits per heavy atom. The van der Waals surface area contributed by atoms with Crippen molar-refractivity contribution in [3.05, 3.63) is 23.6 Å². The Morgan fingerprint density at radius 2 is 2.00 bits per heavy atom. The molecule has 0 nitrogen and oxygen atoms in total. The fourth-order valence-corrected chi connectivity index (χ4v) is 4.53. The number of hydrogen-bond acceptors (Lipinski definition) is 0. The molecule has 0 spiro atoms. The molecule has 0 aromatic heterocycles. The standard InChI is InChI=1S/C15H20BrF/c1-11-2-4-12(5-3-11)15-8-6-14(16,7-9-15)10-13(15)17/h2,10,12H,3-9H2,1H3. The van der Waals surface area contributed by atoms with Gasteiger partial charge in [-0.15, -0.1) is 0 Å². The topological polar surface area (TPSA) is 0 Å². The molecule has 4 rings (SSSR count). The van der Waals surface area contributed by atoms with E-state index in [0.29, 0.717) is 5.92 Å². The minimum atomic E-state index is -0.104. The van der Waals surface area contributed by atoms with Gasteiger partial charge < -0.3 is 0 Å². The summed E-state index contributed by atoms with van der Waals surface area (Å²) in [5, 5.41) is 0. The molecular weight excluding hydrogens is 279 g/mol. The molecule has 4 aliphatic carbocycles. The highest BCUT2D eigenvalue weighted by molar-refractivity contribution is 9.10. The van der Waals surface area contributed by atoms with Crippen LogP contribution in [0.25, 0.3) is 0 Å². The van der Waals surface area contributed by atoms with Gasteiger partial charge in [-0.05, 0) is 63.9 Å². The van der Waals surface area contributed by atoms with Crippen molar-refractivity contribution in [2.24, 2.45) is 11.3 Å². The lowest BCUT2D eigenvalue weighted by molar-refractivity contribution is 0.0763. The van der Waals surface area contributed by atoms with Crippen molar-refractivity contribution in [3.63, 3.8) is 0 Å². The van der Waals surface area contributed by atoms with Gasteiger partial charge in [0.05, 0.1) is 0 Å². The molecule has 1 fully saturated rings. The summed E-state index contributed by atoms with van der Waals surface area (Å²) in [6.07, 6.45) is 11.9. The van der Waals surface area contributed by atoms with Crippen molar-refractivity contribution in [3.8, 4) is 0 Å². The number of halogens is 2. The van der Waals surface area contributed by atoms with E-state index in [4.69, 9.17) is 0 Å². The van der Waals surface area contributed by atoms with Crippen LogP contribution < -0.4 is 0 Å². The van der Waals surface area contributed by atoms with E-state index in [2.05, 4.69) is 28.9 Å². The zero-order valence-corrected chi connectivity index (χ0v) is 12.0. The molecule has 0 radical (unpaired) electrons. The van der Waals surface area contributed by atoms with Gasteiger partial charge in [-0.2, -0.15) is 0 Å². The van der Waals surface area contributed by atoms with E-state index >= 15 is 0 Å². The van der Waals surface area contributed by atoms with Crippen LogP contribution in [0.5, 0.6) is 0 Å². The predicted molar refractivity (Wildman–Crippen MR) is 72.8 cm³/mol. The maximum Gasteiger partial charge on any atom is 0.104 e. The quantitative estimate of drug-likeness (QED) is 0.455. The average molecular weight is 299 g/mol. The minimum absolute atomic E-state index is 0.0146. The lowest BCUT2D eigenvalue weighted by Crippen LogP contribution is -2.45. The van der Waals surface area contributed by atoms with Crippen LogP contribution >= 0.6 is 15.9 Å². The van der Waals surface area contributed by atoms with Gasteiger partial charge in [-0.3, -0.25) is 0 Å². The summed E-state index contributed by atoms with van der Waals surface area (Å²) in [5.41, 5.74) is 1.38. The van der Waals surface area contributed by atoms with Crippen molar-refractivity contribution >= 4 is 15.9 Å². The zero-order chi connectivity index (χ0) is 12.1. The highest BCUT2D eigenvalue weighted by Gasteiger charge is 2.52. The fraction of sp³-hybridized carbons (Fsp3) is 0.733. The summed E-state index contributed by atoms with van der Waals surface area (Å²) >= 11 is 3.70. The van der Waals surface area contributed by atoms with Crippen LogP contribution in [0.3, 0.4) is 0 Å². The van der Waals surface area contributed by atoms with E-state index in [1.807, 2.05) is 6.08 Å². The second-order valence-electron chi connectivity index (χ2n) is 6.20. The number of hydrogen-bond donors (Lipinski definition) is 0. The van der Waals surface area contributed by atoms with Crippen LogP contribution in [0.15, 0.2) is 23.6 Å². The van der Waals surface area contributed by atoms with Crippen LogP contribution in [0.1, 0.15) is 51.9 Å². The third-order valence-corrected chi connectivity index (χ3v) is 6.28. The lowest BCUT2D eigenvalue weighted by atomic mass is 9.56. The Bertz CT molecular complexity index is 386. The average Bonchev–Trinajstić information content (AvgIpc) is 2.30. The highest BCUT2D eigenvalue weighted by Crippen LogP contribution is 2.61. The molecule has 1 unspecified atom stereocenters. The molecule has 1 atom stereocenters. The molecule has 0 aromatic rings. The molecular formula is C15H20BrF. The van der Waals surface area contributed by atoms with Crippen LogP contribution in [-0.4, -0.2) is 4.32 Å². The molecule has 1 saturated carbocycles. The van der Waals surface area contributed by atoms with Gasteiger partial charge in [-0.1, -0.05) is 27.6 Å². The van der Waals surface area contributed by atoms with Gasteiger partial charge in [-0.25, -0.2) is 4.39 Å². The van der Waals surface area contributed by atoms with E-state index in [9.17, 15) is 4.39 Å². The second-order valence-corrected chi connectivity index (χ2v) is 7.78. The summed E-state index contributed by atoms with van der Waals surface area (Å²) in [5.74, 6) is 0.727. The van der Waals surface area contributed by atoms with Gasteiger partial charge in [0.25, 0.3) is 0 Å². The van der Waals surface area contributed by atoms with Crippen LogP contribution in [-0.2, 0) is 0 Å². The molecule has 0 N–H and O–H groups in total. The molecule has 0 saturated heterocycles. The Kier molecular flexibility index (Phi) is 2.77. The van der Waals surface area contributed by atoms with E-state index < -0.39 is 0 Å². The normalized spacial score (nSPS) is 45.5. The first kappa shape index (κ1) is 12.0. The number of alkyl halides is 1. The van der Waals surface area contributed by atoms with Crippen molar-refractivity contribution in [2.45, 2.75) is 56.2 Å². The highest BCUT2D eigenvalue weighted by atomic mass is 79.9. The fourth-order valence-electron chi connectivity index (χ4n) is 3.94. The summed E-state index contributed by atoms with van der Waals surface area (Å²) < 4.78 is 14.5. The maximum absolute atomic E-state index is 14.5. The molecule has 0 aliphatic heterocycles. The van der Waals surface area contributed by atoms with Gasteiger partial charge in [0, 0.05) is 9.74 Å². The van der Waals surface area contributed by atoms with Crippen molar-refractivity contribution in [2.75, 3.05) is 0 Å². The van der Waals surface area contributed by atoms with Gasteiger partial charge in [0.15, 0.2) is 0 Å². The summed E-state index contributed by atoms with van der Waals surface area (Å²) in [7, 11) is 0. The van der Waals surface area contributed by atoms with E-state index in [1.165, 1.54) is 18.4 Å². The third-order valence-electron chi connectivity index (χ3n) is 5.25. The Hall–Kier alpha value is -0.110. The summed E-state index contributed by atoms with van der Waals surface area (Å²) in [6, 6.07) is 0. The van der Waals surface area contributed by atoms with Gasteiger partial charge in [0.2, 0.25) is 0 Å². The van der Waals surface area contributed by atoms with E-state index in [1.54, 1.807) is 0 Å². The van der Waals surface area contributed by atoms with Crippen LogP contribution in [0.4, 0.5) is 4.39 Å². The smallest absolute Gasteiger partial charge is 0.104 e. The van der Waals surface area contributed by atoms with Crippen molar-refractivity contribution in [1.29, 1.82) is 0 Å². The molecule has 0 amide bonds. The molecule has 94 valence electrons. The Morgan fingerprint density at radius 1 is 1.29 bits per heavy atom. The van der Waals surface area contributed by atoms with Crippen LogP contribution in [0.2, 0.25) is 0 Å². The van der Waals surface area contributed by atoms with Crippen molar-refractivity contribution < 1.29 is 4.39 Å². The second kappa shape index (κ2) is 3.94. The monoisotopic (exact) mass is 298 g/mol. The molecule has 4 aliphatic rings. The summed E-state index contributed by atoms with van der Waals surface area (Å²) in [4.78, 5) is 0. The van der Waals surface area contributed by atoms with Gasteiger partial charge in [0.1, 0.15) is 5.83 Å². The summed E-state index contributed by atoms with van der Waals surface area (Å²) in [6.45, 7) is 2.20. The van der Waals surface area contributed by atoms with Gasteiger partial charge >= 0.3 is 0 Å². The predicted octanol–water partition coefficient (Wildman–Crippen LogP) is 5.29. The zero-order valence-electron chi connectivity index (χ0n) is 10.4. The molecule has 2 heteroatoms. The maximum atomic E-state index is 14.5. The first-order valence-electron chi connectivity index (χ1n) is 6.78. The Balaban J connectivity index is 1.90. The van der Waals surface area contributed by atoms with Crippen molar-refractivity contribution in [1.82, 2.24) is 0 Å². The largest absolute Gasteiger partial charge is 0.211 e. The number of allylic oxidation sites excluding steroid dienone is 4. The lowest BCUT2D eigenvalue weighted by Gasteiger charge is -2.51. The number of rotatable bonds is 1. The first-order valence-corrected chi connectivity index (χ1v) is 7.57. The molecule has 0 heterocycles. The minimum Gasteiger partial charge on any atom is -0.211 e. The third kappa shape index (κ3) is 1.83.